The van der Waals surface area contributed by atoms with Crippen LogP contribution in [0.3, 0.4) is 0 Å². The number of nitrogens with one attached hydrogen (secondary N) is 2. The van der Waals surface area contributed by atoms with Crippen LogP contribution in [0, 0.1) is 6.07 Å². The molecule has 1 aromatic carbocycles. The Bertz CT molecular complexity index is 1490. The fourth-order valence-electron chi connectivity index (χ4n) is 3.68. The van der Waals surface area contributed by atoms with Gasteiger partial charge >= 0.3 is 0 Å². The van der Waals surface area contributed by atoms with E-state index < -0.39 is 0 Å². The molecular formula is C28H22BrN4O2Zn-. The van der Waals surface area contributed by atoms with E-state index in [9.17, 15) is 0 Å². The zero-order chi connectivity index (χ0) is 24.2. The van der Waals surface area contributed by atoms with Gasteiger partial charge in [-0.1, -0.05) is 15.9 Å². The van der Waals surface area contributed by atoms with Crippen LogP contribution < -0.4 is 9.47 Å². The van der Waals surface area contributed by atoms with Gasteiger partial charge in [0.1, 0.15) is 0 Å². The maximum Gasteiger partial charge on any atom is 0.0659 e. The van der Waals surface area contributed by atoms with E-state index in [2.05, 4.69) is 72.3 Å². The van der Waals surface area contributed by atoms with Crippen LogP contribution in [0.2, 0.25) is 0 Å². The molecule has 8 heteroatoms. The maximum atomic E-state index is 5.03. The van der Waals surface area contributed by atoms with Gasteiger partial charge in [-0.15, -0.1) is 12.1 Å². The Balaban J connectivity index is 0.000000216. The van der Waals surface area contributed by atoms with Gasteiger partial charge in [-0.25, -0.2) is 9.97 Å². The fraction of sp³-hybridized carbons (Fsp3) is 0.0714. The predicted molar refractivity (Wildman–Crippen MR) is 145 cm³/mol. The summed E-state index contributed by atoms with van der Waals surface area (Å²) in [5.41, 5.74) is 7.86. The molecule has 0 amide bonds. The van der Waals surface area contributed by atoms with Gasteiger partial charge in [0.2, 0.25) is 0 Å². The van der Waals surface area contributed by atoms with Gasteiger partial charge in [0.25, 0.3) is 0 Å². The number of rotatable bonds is 2. The molecule has 0 fully saturated rings. The number of ether oxygens (including phenoxy) is 2. The van der Waals surface area contributed by atoms with Crippen molar-refractivity contribution in [2.45, 2.75) is 0 Å². The Morgan fingerprint density at radius 3 is 1.44 bits per heavy atom. The third kappa shape index (κ3) is 6.01. The van der Waals surface area contributed by atoms with E-state index in [1.807, 2.05) is 42.5 Å². The summed E-state index contributed by atoms with van der Waals surface area (Å²) in [6.07, 6.45) is 8.05. The molecule has 3 aromatic heterocycles. The van der Waals surface area contributed by atoms with Crippen molar-refractivity contribution in [3.05, 3.63) is 94.0 Å². The number of H-pyrrole nitrogens is 2. The Morgan fingerprint density at radius 2 is 1.03 bits per heavy atom. The maximum absolute atomic E-state index is 5.03. The molecule has 6 rings (SSSR count). The number of aromatic nitrogens is 4. The molecule has 0 aliphatic carbocycles. The van der Waals surface area contributed by atoms with E-state index >= 15 is 0 Å². The number of halogens is 1. The van der Waals surface area contributed by atoms with E-state index in [4.69, 9.17) is 9.47 Å². The van der Waals surface area contributed by atoms with Gasteiger partial charge in [0, 0.05) is 53.0 Å². The molecule has 2 N–H and O–H groups in total. The third-order valence-corrected chi connectivity index (χ3v) is 6.12. The largest absolute Gasteiger partial charge is 0.553 e. The van der Waals surface area contributed by atoms with Gasteiger partial charge in [-0.05, 0) is 77.3 Å². The zero-order valence-corrected chi connectivity index (χ0v) is 24.4. The summed E-state index contributed by atoms with van der Waals surface area (Å²) >= 11 is 3.33. The Hall–Kier alpha value is -3.48. The van der Waals surface area contributed by atoms with Crippen LogP contribution in [0.4, 0.5) is 0 Å². The Morgan fingerprint density at radius 1 is 0.639 bits per heavy atom. The SMILES string of the molecule is C1=Cc2cc3ccc(cc4ccc(cc5nc(cc1n2)C=C5)[nH]4)[nH]3.COc1c[c-]cc(OC)c1Br.[Zn]. The quantitative estimate of drug-likeness (QED) is 0.169. The summed E-state index contributed by atoms with van der Waals surface area (Å²) in [6, 6.07) is 22.8. The van der Waals surface area contributed by atoms with Crippen molar-refractivity contribution in [3.63, 3.8) is 0 Å². The van der Waals surface area contributed by atoms with Crippen molar-refractivity contribution in [1.29, 1.82) is 0 Å². The minimum Gasteiger partial charge on any atom is -0.553 e. The van der Waals surface area contributed by atoms with E-state index in [1.54, 1.807) is 26.4 Å². The van der Waals surface area contributed by atoms with Crippen LogP contribution >= 0.6 is 15.9 Å². The van der Waals surface area contributed by atoms with Crippen molar-refractivity contribution in [3.8, 4) is 11.5 Å². The smallest absolute Gasteiger partial charge is 0.0659 e. The molecule has 0 atom stereocenters. The molecule has 4 aromatic rings. The normalized spacial score (nSPS) is 11.3. The second-order valence-electron chi connectivity index (χ2n) is 7.81. The average Bonchev–Trinajstić information content (AvgIpc) is 3.66. The van der Waals surface area contributed by atoms with Crippen LogP contribution in [-0.4, -0.2) is 34.2 Å². The second-order valence-corrected chi connectivity index (χ2v) is 8.60. The van der Waals surface area contributed by atoms with E-state index in [1.165, 1.54) is 0 Å². The minimum absolute atomic E-state index is 0. The topological polar surface area (TPSA) is 75.8 Å². The fourth-order valence-corrected chi connectivity index (χ4v) is 4.23. The van der Waals surface area contributed by atoms with Gasteiger partial charge in [0.05, 0.1) is 37.0 Å². The number of methoxy groups -OCH3 is 2. The van der Waals surface area contributed by atoms with Crippen molar-refractivity contribution in [2.75, 3.05) is 14.2 Å². The third-order valence-electron chi connectivity index (χ3n) is 5.34. The van der Waals surface area contributed by atoms with Gasteiger partial charge in [0.15, 0.2) is 0 Å². The molecule has 36 heavy (non-hydrogen) atoms. The van der Waals surface area contributed by atoms with Gasteiger partial charge in [-0.2, -0.15) is 6.07 Å². The standard InChI is InChI=1S/C20H14N4.C8H8BrO2.Zn/c1-2-14-10-16-5-6-18(23-16)12-20-8-7-19(24-20)11-17-4-3-15(22-17)9-13(1)21-14;1-10-6-4-3-5-7(11-2)8(6)9;/h1-12,21-22H;4-5H,1-2H3;/q;-1;. The number of fused-ring (bicyclic) bond motifs is 8. The van der Waals surface area contributed by atoms with Crippen molar-refractivity contribution < 1.29 is 29.0 Å². The molecule has 0 saturated carbocycles. The zero-order valence-electron chi connectivity index (χ0n) is 19.9. The van der Waals surface area contributed by atoms with Gasteiger partial charge in [-0.3, -0.25) is 0 Å². The van der Waals surface area contributed by atoms with E-state index in [0.29, 0.717) is 0 Å². The first-order valence-electron chi connectivity index (χ1n) is 10.9. The first-order valence-corrected chi connectivity index (χ1v) is 11.7. The van der Waals surface area contributed by atoms with Crippen LogP contribution in [-0.2, 0) is 19.5 Å². The summed E-state index contributed by atoms with van der Waals surface area (Å²) in [4.78, 5) is 16.0. The molecule has 0 saturated heterocycles. The van der Waals surface area contributed by atoms with Crippen LogP contribution in [0.5, 0.6) is 11.5 Å². The summed E-state index contributed by atoms with van der Waals surface area (Å²) < 4.78 is 10.9. The van der Waals surface area contributed by atoms with Crippen molar-refractivity contribution in [2.24, 2.45) is 0 Å². The van der Waals surface area contributed by atoms with Crippen LogP contribution in [0.1, 0.15) is 22.8 Å². The molecule has 2 aliphatic heterocycles. The Labute approximate surface area is 230 Å². The van der Waals surface area contributed by atoms with E-state index in [0.717, 1.165) is 60.8 Å². The molecule has 2 aliphatic rings. The molecule has 8 bridgehead atoms. The van der Waals surface area contributed by atoms with E-state index in [-0.39, 0.29) is 19.5 Å². The van der Waals surface area contributed by atoms with Crippen molar-refractivity contribution in [1.82, 2.24) is 19.9 Å². The number of hydrogen-bond acceptors (Lipinski definition) is 4. The minimum atomic E-state index is 0. The molecule has 0 unspecified atom stereocenters. The number of aromatic amines is 2. The average molecular weight is 592 g/mol. The first-order chi connectivity index (χ1) is 17.1. The number of hydrogen-bond donors (Lipinski definition) is 2. The first kappa shape index (κ1) is 25.6. The van der Waals surface area contributed by atoms with Crippen LogP contribution in [0.15, 0.2) is 65.1 Å². The monoisotopic (exact) mass is 589 g/mol. The summed E-state index contributed by atoms with van der Waals surface area (Å²) in [5.74, 6) is 1.45. The summed E-state index contributed by atoms with van der Waals surface area (Å²) in [5, 5.41) is 0. The van der Waals surface area contributed by atoms with Gasteiger partial charge < -0.3 is 19.4 Å². The molecule has 176 valence electrons. The second kappa shape index (κ2) is 11.5. The summed E-state index contributed by atoms with van der Waals surface area (Å²) in [6.45, 7) is 0. The molecule has 0 spiro atoms. The molecule has 6 nitrogen and oxygen atoms in total. The molecular weight excluding hydrogens is 570 g/mol. The van der Waals surface area contributed by atoms with Crippen LogP contribution in [0.25, 0.3) is 46.4 Å². The van der Waals surface area contributed by atoms with Crippen molar-refractivity contribution >= 4 is 62.3 Å². The Kier molecular flexibility index (Phi) is 8.19. The molecule has 0 radical (unpaired) electrons. The molecule has 5 heterocycles. The summed E-state index contributed by atoms with van der Waals surface area (Å²) in [7, 11) is 3.21. The number of benzene rings is 1. The predicted octanol–water partition coefficient (Wildman–Crippen LogP) is 6.92. The number of nitrogens with zero attached hydrogens (tertiary/aromatic N) is 2.